The third-order valence-corrected chi connectivity index (χ3v) is 7.13. The standard InChI is InChI=1S/C25H22N2O3S/c1-26-15-20(19-7-2-3-8-21(19)26)24(28)27-11-9-17-10-12-31-23(17)22(27)14-16-5-4-6-18(13-16)25(29)30/h2-8,10,12-13,15,22H,9,11,14H2,1H3,(H,29,30). The van der Waals surface area contributed by atoms with E-state index < -0.39 is 5.97 Å². The van der Waals surface area contributed by atoms with Crippen LogP contribution in [0.1, 0.15) is 42.8 Å². The van der Waals surface area contributed by atoms with Gasteiger partial charge in [0.25, 0.3) is 5.91 Å². The topological polar surface area (TPSA) is 62.5 Å². The number of hydrogen-bond donors (Lipinski definition) is 1. The van der Waals surface area contributed by atoms with Crippen LogP contribution in [0.3, 0.4) is 0 Å². The number of hydrogen-bond acceptors (Lipinski definition) is 3. The highest BCUT2D eigenvalue weighted by molar-refractivity contribution is 7.10. The first-order chi connectivity index (χ1) is 15.0. The largest absolute Gasteiger partial charge is 0.478 e. The molecule has 156 valence electrons. The minimum Gasteiger partial charge on any atom is -0.478 e. The quantitative estimate of drug-likeness (QED) is 0.500. The van der Waals surface area contributed by atoms with Crippen LogP contribution in [0.5, 0.6) is 0 Å². The molecule has 31 heavy (non-hydrogen) atoms. The summed E-state index contributed by atoms with van der Waals surface area (Å²) < 4.78 is 1.99. The number of carbonyl (C=O) groups excluding carboxylic acids is 1. The molecule has 0 radical (unpaired) electrons. The molecule has 0 saturated carbocycles. The maximum Gasteiger partial charge on any atom is 0.335 e. The molecular formula is C25H22N2O3S. The van der Waals surface area contributed by atoms with Gasteiger partial charge in [0.15, 0.2) is 0 Å². The molecule has 0 bridgehead atoms. The van der Waals surface area contributed by atoms with Crippen LogP contribution < -0.4 is 0 Å². The number of carbonyl (C=O) groups is 2. The second-order valence-electron chi connectivity index (χ2n) is 7.95. The molecule has 2 aromatic heterocycles. The second kappa shape index (κ2) is 7.71. The summed E-state index contributed by atoms with van der Waals surface area (Å²) in [5, 5.41) is 12.4. The molecule has 3 heterocycles. The molecule has 1 unspecified atom stereocenters. The van der Waals surface area contributed by atoms with Crippen molar-refractivity contribution in [1.29, 1.82) is 0 Å². The van der Waals surface area contributed by atoms with Gasteiger partial charge in [-0.25, -0.2) is 4.79 Å². The minimum absolute atomic E-state index is 0.0234. The van der Waals surface area contributed by atoms with Gasteiger partial charge in [0.2, 0.25) is 0 Å². The Morgan fingerprint density at radius 3 is 2.81 bits per heavy atom. The van der Waals surface area contributed by atoms with Crippen LogP contribution in [0.4, 0.5) is 0 Å². The van der Waals surface area contributed by atoms with Gasteiger partial charge in [0.1, 0.15) is 0 Å². The van der Waals surface area contributed by atoms with Gasteiger partial charge in [-0.3, -0.25) is 4.79 Å². The Balaban J connectivity index is 1.54. The van der Waals surface area contributed by atoms with E-state index in [1.54, 1.807) is 29.5 Å². The van der Waals surface area contributed by atoms with Crippen molar-refractivity contribution in [3.05, 3.63) is 93.3 Å². The number of nitrogens with zero attached hydrogens (tertiary/aromatic N) is 2. The molecule has 0 aliphatic carbocycles. The Hall–Kier alpha value is -3.38. The maximum absolute atomic E-state index is 13.8. The molecule has 1 atom stereocenters. The van der Waals surface area contributed by atoms with E-state index in [4.69, 9.17) is 0 Å². The van der Waals surface area contributed by atoms with Crippen LogP contribution >= 0.6 is 11.3 Å². The number of thiophene rings is 1. The average Bonchev–Trinajstić information content (AvgIpc) is 3.39. The molecule has 0 saturated heterocycles. The van der Waals surface area contributed by atoms with Crippen molar-refractivity contribution in [2.24, 2.45) is 7.05 Å². The van der Waals surface area contributed by atoms with E-state index in [0.29, 0.717) is 18.5 Å². The summed E-state index contributed by atoms with van der Waals surface area (Å²) in [6, 6.07) is 17.0. The fourth-order valence-electron chi connectivity index (χ4n) is 4.55. The van der Waals surface area contributed by atoms with Crippen LogP contribution in [0.25, 0.3) is 10.9 Å². The molecule has 5 nitrogen and oxygen atoms in total. The van der Waals surface area contributed by atoms with Crippen molar-refractivity contribution in [2.75, 3.05) is 6.54 Å². The van der Waals surface area contributed by atoms with E-state index in [1.165, 1.54) is 10.4 Å². The van der Waals surface area contributed by atoms with Crippen molar-refractivity contribution >= 4 is 34.1 Å². The highest BCUT2D eigenvalue weighted by Crippen LogP contribution is 2.38. The average molecular weight is 431 g/mol. The first-order valence-electron chi connectivity index (χ1n) is 10.3. The molecule has 0 spiro atoms. The Kier molecular flexibility index (Phi) is 4.87. The molecule has 4 aromatic rings. The fourth-order valence-corrected chi connectivity index (χ4v) is 5.62. The minimum atomic E-state index is -0.939. The van der Waals surface area contributed by atoms with Crippen molar-refractivity contribution < 1.29 is 14.7 Å². The Labute approximate surface area is 184 Å². The van der Waals surface area contributed by atoms with E-state index in [9.17, 15) is 14.7 Å². The highest BCUT2D eigenvalue weighted by atomic mass is 32.1. The summed E-state index contributed by atoms with van der Waals surface area (Å²) in [7, 11) is 1.96. The summed E-state index contributed by atoms with van der Waals surface area (Å²) in [6.45, 7) is 0.648. The predicted octanol–water partition coefficient (Wildman–Crippen LogP) is 4.92. The normalized spacial score (nSPS) is 15.8. The lowest BCUT2D eigenvalue weighted by Crippen LogP contribution is -2.40. The van der Waals surface area contributed by atoms with E-state index in [0.717, 1.165) is 22.9 Å². The number of aromatic carboxylic acids is 1. The van der Waals surface area contributed by atoms with E-state index >= 15 is 0 Å². The first-order valence-corrected chi connectivity index (χ1v) is 11.1. The van der Waals surface area contributed by atoms with E-state index in [-0.39, 0.29) is 17.5 Å². The molecule has 1 aliphatic rings. The molecule has 0 fully saturated rings. The van der Waals surface area contributed by atoms with Gasteiger partial charge >= 0.3 is 5.97 Å². The number of amides is 1. The molecule has 1 aliphatic heterocycles. The lowest BCUT2D eigenvalue weighted by atomic mass is 9.94. The molecule has 5 rings (SSSR count). The highest BCUT2D eigenvalue weighted by Gasteiger charge is 2.33. The summed E-state index contributed by atoms with van der Waals surface area (Å²) >= 11 is 1.67. The summed E-state index contributed by atoms with van der Waals surface area (Å²) in [5.74, 6) is -0.916. The number of aryl methyl sites for hydroxylation is 1. The SMILES string of the molecule is Cn1cc(C(=O)N2CCc3ccsc3C2Cc2cccc(C(=O)O)c2)c2ccccc21. The number of carboxylic acid groups (broad SMARTS) is 1. The summed E-state index contributed by atoms with van der Waals surface area (Å²) in [5.41, 5.74) is 4.22. The lowest BCUT2D eigenvalue weighted by Gasteiger charge is -2.36. The van der Waals surface area contributed by atoms with E-state index in [1.807, 2.05) is 53.0 Å². The molecule has 6 heteroatoms. The van der Waals surface area contributed by atoms with E-state index in [2.05, 4.69) is 11.4 Å². The maximum atomic E-state index is 13.8. The molecule has 2 aromatic carbocycles. The van der Waals surface area contributed by atoms with Gasteiger partial charge in [0, 0.05) is 35.6 Å². The van der Waals surface area contributed by atoms with Gasteiger partial charge in [-0.05, 0) is 53.6 Å². The Bertz CT molecular complexity index is 1300. The Morgan fingerprint density at radius 2 is 1.97 bits per heavy atom. The molecule has 1 amide bonds. The van der Waals surface area contributed by atoms with Crippen LogP contribution in [0.15, 0.2) is 66.2 Å². The number of aromatic nitrogens is 1. The molecular weight excluding hydrogens is 408 g/mol. The first kappa shape index (κ1) is 19.6. The van der Waals surface area contributed by atoms with Gasteiger partial charge in [-0.15, -0.1) is 11.3 Å². The van der Waals surface area contributed by atoms with Crippen molar-refractivity contribution in [3.8, 4) is 0 Å². The third kappa shape index (κ3) is 3.43. The monoisotopic (exact) mass is 430 g/mol. The summed E-state index contributed by atoms with van der Waals surface area (Å²) in [4.78, 5) is 28.3. The zero-order valence-electron chi connectivity index (χ0n) is 17.1. The van der Waals surface area contributed by atoms with Crippen LogP contribution in [-0.4, -0.2) is 33.0 Å². The number of rotatable bonds is 4. The van der Waals surface area contributed by atoms with Gasteiger partial charge < -0.3 is 14.6 Å². The van der Waals surface area contributed by atoms with Crippen molar-refractivity contribution in [1.82, 2.24) is 9.47 Å². The number of para-hydroxylation sites is 1. The summed E-state index contributed by atoms with van der Waals surface area (Å²) in [6.07, 6.45) is 3.34. The van der Waals surface area contributed by atoms with Crippen LogP contribution in [0.2, 0.25) is 0 Å². The van der Waals surface area contributed by atoms with Crippen molar-refractivity contribution in [3.63, 3.8) is 0 Å². The number of carboxylic acids is 1. The van der Waals surface area contributed by atoms with Gasteiger partial charge in [0.05, 0.1) is 17.2 Å². The Morgan fingerprint density at radius 1 is 1.13 bits per heavy atom. The smallest absolute Gasteiger partial charge is 0.335 e. The van der Waals surface area contributed by atoms with Crippen molar-refractivity contribution in [2.45, 2.75) is 18.9 Å². The van der Waals surface area contributed by atoms with Crippen LogP contribution in [0, 0.1) is 0 Å². The fraction of sp³-hybridized carbons (Fsp3) is 0.200. The second-order valence-corrected chi connectivity index (χ2v) is 8.90. The number of fused-ring (bicyclic) bond motifs is 2. The molecule has 1 N–H and O–H groups in total. The third-order valence-electron chi connectivity index (χ3n) is 6.07. The van der Waals surface area contributed by atoms with Crippen LogP contribution in [-0.2, 0) is 19.9 Å². The van der Waals surface area contributed by atoms with Gasteiger partial charge in [-0.1, -0.05) is 30.3 Å². The van der Waals surface area contributed by atoms with Gasteiger partial charge in [-0.2, -0.15) is 0 Å². The number of benzene rings is 2. The predicted molar refractivity (Wildman–Crippen MR) is 122 cm³/mol. The zero-order valence-corrected chi connectivity index (χ0v) is 17.9. The zero-order chi connectivity index (χ0) is 21.5. The lowest BCUT2D eigenvalue weighted by molar-refractivity contribution is 0.0661.